The van der Waals surface area contributed by atoms with Crippen molar-refractivity contribution in [3.63, 3.8) is 0 Å². The van der Waals surface area contributed by atoms with Crippen molar-refractivity contribution in [3.05, 3.63) is 48.2 Å². The summed E-state index contributed by atoms with van der Waals surface area (Å²) < 4.78 is 0. The van der Waals surface area contributed by atoms with E-state index in [1.165, 1.54) is 5.56 Å². The predicted octanol–water partition coefficient (Wildman–Crippen LogP) is 3.51. The zero-order valence-corrected chi connectivity index (χ0v) is 11.1. The Labute approximate surface area is 111 Å². The summed E-state index contributed by atoms with van der Waals surface area (Å²) >= 11 is 1.69. The summed E-state index contributed by atoms with van der Waals surface area (Å²) in [6.45, 7) is 2.92. The molecule has 0 bridgehead atoms. The second-order valence-corrected chi connectivity index (χ2v) is 4.88. The SMILES string of the molecule is CCNc1ncccc1CSc1cccc(O)c1. The lowest BCUT2D eigenvalue weighted by Gasteiger charge is -2.09. The van der Waals surface area contributed by atoms with Crippen LogP contribution in [-0.2, 0) is 5.75 Å². The summed E-state index contributed by atoms with van der Waals surface area (Å²) in [5.74, 6) is 2.07. The van der Waals surface area contributed by atoms with E-state index in [0.29, 0.717) is 5.75 Å². The summed E-state index contributed by atoms with van der Waals surface area (Å²) in [5.41, 5.74) is 1.17. The second kappa shape index (κ2) is 6.31. The van der Waals surface area contributed by atoms with Crippen LogP contribution >= 0.6 is 11.8 Å². The number of anilines is 1. The van der Waals surface area contributed by atoms with E-state index in [1.54, 1.807) is 30.1 Å². The second-order valence-electron chi connectivity index (χ2n) is 3.83. The Kier molecular flexibility index (Phi) is 4.47. The van der Waals surface area contributed by atoms with Gasteiger partial charge < -0.3 is 10.4 Å². The number of pyridine rings is 1. The van der Waals surface area contributed by atoms with Crippen molar-refractivity contribution in [2.75, 3.05) is 11.9 Å². The molecule has 0 saturated heterocycles. The molecule has 0 radical (unpaired) electrons. The van der Waals surface area contributed by atoms with Gasteiger partial charge in [0.15, 0.2) is 0 Å². The van der Waals surface area contributed by atoms with Crippen LogP contribution in [-0.4, -0.2) is 16.6 Å². The standard InChI is InChI=1S/C14H16N2OS/c1-2-15-14-11(5-4-8-16-14)10-18-13-7-3-6-12(17)9-13/h3-9,17H,2,10H2,1H3,(H,15,16). The van der Waals surface area contributed by atoms with Crippen LogP contribution in [0.2, 0.25) is 0 Å². The first kappa shape index (κ1) is 12.8. The highest BCUT2D eigenvalue weighted by Crippen LogP contribution is 2.27. The lowest BCUT2D eigenvalue weighted by atomic mass is 10.3. The van der Waals surface area contributed by atoms with Crippen LogP contribution in [0.15, 0.2) is 47.5 Å². The summed E-state index contributed by atoms with van der Waals surface area (Å²) in [6, 6.07) is 11.3. The van der Waals surface area contributed by atoms with Gasteiger partial charge in [-0.25, -0.2) is 4.98 Å². The normalized spacial score (nSPS) is 10.3. The maximum absolute atomic E-state index is 9.41. The van der Waals surface area contributed by atoms with E-state index >= 15 is 0 Å². The third-order valence-corrected chi connectivity index (χ3v) is 3.49. The molecule has 4 heteroatoms. The Hall–Kier alpha value is -1.68. The maximum Gasteiger partial charge on any atom is 0.129 e. The molecular formula is C14H16N2OS. The van der Waals surface area contributed by atoms with Gasteiger partial charge in [0.1, 0.15) is 11.6 Å². The molecule has 3 nitrogen and oxygen atoms in total. The molecule has 0 saturated carbocycles. The molecule has 2 aromatic rings. The van der Waals surface area contributed by atoms with Gasteiger partial charge >= 0.3 is 0 Å². The van der Waals surface area contributed by atoms with Gasteiger partial charge in [-0.3, -0.25) is 0 Å². The van der Waals surface area contributed by atoms with E-state index in [1.807, 2.05) is 18.2 Å². The third kappa shape index (κ3) is 3.40. The van der Waals surface area contributed by atoms with Gasteiger partial charge in [-0.15, -0.1) is 11.8 Å². The van der Waals surface area contributed by atoms with Crippen molar-refractivity contribution in [2.45, 2.75) is 17.6 Å². The number of hydrogen-bond acceptors (Lipinski definition) is 4. The molecule has 18 heavy (non-hydrogen) atoms. The van der Waals surface area contributed by atoms with Gasteiger partial charge in [0.25, 0.3) is 0 Å². The maximum atomic E-state index is 9.41. The van der Waals surface area contributed by atoms with Crippen molar-refractivity contribution in [1.82, 2.24) is 4.98 Å². The Morgan fingerprint density at radius 2 is 2.17 bits per heavy atom. The fourth-order valence-electron chi connectivity index (χ4n) is 1.62. The highest BCUT2D eigenvalue weighted by Gasteiger charge is 2.03. The molecule has 2 rings (SSSR count). The summed E-state index contributed by atoms with van der Waals surface area (Å²) in [7, 11) is 0. The first-order valence-electron chi connectivity index (χ1n) is 5.89. The molecule has 0 amide bonds. The minimum Gasteiger partial charge on any atom is -0.508 e. The number of benzene rings is 1. The van der Waals surface area contributed by atoms with E-state index in [-0.39, 0.29) is 0 Å². The minimum atomic E-state index is 0.304. The van der Waals surface area contributed by atoms with Gasteiger partial charge in [0.2, 0.25) is 0 Å². The van der Waals surface area contributed by atoms with E-state index < -0.39 is 0 Å². The average molecular weight is 260 g/mol. The monoisotopic (exact) mass is 260 g/mol. The minimum absolute atomic E-state index is 0.304. The lowest BCUT2D eigenvalue weighted by molar-refractivity contribution is 0.474. The van der Waals surface area contributed by atoms with Gasteiger partial charge in [0.05, 0.1) is 0 Å². The van der Waals surface area contributed by atoms with Crippen molar-refractivity contribution in [1.29, 1.82) is 0 Å². The highest BCUT2D eigenvalue weighted by molar-refractivity contribution is 7.98. The van der Waals surface area contributed by atoms with Crippen molar-refractivity contribution in [3.8, 4) is 5.75 Å². The van der Waals surface area contributed by atoms with Crippen molar-refractivity contribution >= 4 is 17.6 Å². The summed E-state index contributed by atoms with van der Waals surface area (Å²) in [6.07, 6.45) is 1.79. The van der Waals surface area contributed by atoms with Crippen LogP contribution in [0.25, 0.3) is 0 Å². The topological polar surface area (TPSA) is 45.2 Å². The van der Waals surface area contributed by atoms with Crippen LogP contribution in [0.4, 0.5) is 5.82 Å². The predicted molar refractivity (Wildman–Crippen MR) is 76.1 cm³/mol. The van der Waals surface area contributed by atoms with Crippen LogP contribution in [0.3, 0.4) is 0 Å². The van der Waals surface area contributed by atoms with E-state index in [0.717, 1.165) is 23.0 Å². The number of nitrogens with one attached hydrogen (secondary N) is 1. The first-order chi connectivity index (χ1) is 8.79. The van der Waals surface area contributed by atoms with E-state index in [4.69, 9.17) is 0 Å². The largest absolute Gasteiger partial charge is 0.508 e. The number of rotatable bonds is 5. The molecule has 0 spiro atoms. The fourth-order valence-corrected chi connectivity index (χ4v) is 2.55. The van der Waals surface area contributed by atoms with E-state index in [9.17, 15) is 5.11 Å². The zero-order valence-electron chi connectivity index (χ0n) is 10.3. The molecular weight excluding hydrogens is 244 g/mol. The van der Waals surface area contributed by atoms with Gasteiger partial charge in [-0.05, 0) is 31.2 Å². The highest BCUT2D eigenvalue weighted by atomic mass is 32.2. The molecule has 0 atom stereocenters. The number of phenolic OH excluding ortho intramolecular Hbond substituents is 1. The molecule has 0 aliphatic carbocycles. The van der Waals surface area contributed by atoms with Gasteiger partial charge in [0, 0.05) is 29.0 Å². The molecule has 1 heterocycles. The van der Waals surface area contributed by atoms with Crippen molar-refractivity contribution < 1.29 is 5.11 Å². The number of aromatic nitrogens is 1. The molecule has 0 unspecified atom stereocenters. The lowest BCUT2D eigenvalue weighted by Crippen LogP contribution is -2.02. The zero-order chi connectivity index (χ0) is 12.8. The number of phenols is 1. The van der Waals surface area contributed by atoms with Crippen LogP contribution in [0.5, 0.6) is 5.75 Å². The Balaban J connectivity index is 2.06. The summed E-state index contributed by atoms with van der Waals surface area (Å²) in [4.78, 5) is 5.38. The number of aromatic hydroxyl groups is 1. The fraction of sp³-hybridized carbons (Fsp3) is 0.214. The molecule has 1 aromatic carbocycles. The van der Waals surface area contributed by atoms with Crippen molar-refractivity contribution in [2.24, 2.45) is 0 Å². The average Bonchev–Trinajstić information content (AvgIpc) is 2.38. The number of thioether (sulfide) groups is 1. The molecule has 94 valence electrons. The quantitative estimate of drug-likeness (QED) is 0.807. The smallest absolute Gasteiger partial charge is 0.129 e. The Bertz CT molecular complexity index is 517. The van der Waals surface area contributed by atoms with Gasteiger partial charge in [-0.2, -0.15) is 0 Å². The number of nitrogens with zero attached hydrogens (tertiary/aromatic N) is 1. The molecule has 1 aromatic heterocycles. The molecule has 0 fully saturated rings. The molecule has 2 N–H and O–H groups in total. The Morgan fingerprint density at radius 1 is 1.28 bits per heavy atom. The van der Waals surface area contributed by atoms with Crippen LogP contribution in [0, 0.1) is 0 Å². The molecule has 0 aliphatic heterocycles. The van der Waals surface area contributed by atoms with Crippen LogP contribution in [0.1, 0.15) is 12.5 Å². The molecule has 0 aliphatic rings. The van der Waals surface area contributed by atoms with Gasteiger partial charge in [-0.1, -0.05) is 12.1 Å². The number of hydrogen-bond donors (Lipinski definition) is 2. The van der Waals surface area contributed by atoms with Crippen LogP contribution < -0.4 is 5.32 Å². The Morgan fingerprint density at radius 3 is 2.94 bits per heavy atom. The summed E-state index contributed by atoms with van der Waals surface area (Å²) in [5, 5.41) is 12.7. The van der Waals surface area contributed by atoms with E-state index in [2.05, 4.69) is 23.3 Å². The third-order valence-electron chi connectivity index (χ3n) is 2.45. The first-order valence-corrected chi connectivity index (χ1v) is 6.87.